The highest BCUT2D eigenvalue weighted by molar-refractivity contribution is 5.89. The molecule has 1 N–H and O–H groups in total. The Bertz CT molecular complexity index is 959. The third-order valence-corrected chi connectivity index (χ3v) is 12.8. The quantitative estimate of drug-likeness (QED) is 0.347. The van der Waals surface area contributed by atoms with Crippen LogP contribution >= 0.6 is 0 Å². The van der Waals surface area contributed by atoms with Crippen molar-refractivity contribution >= 4 is 5.97 Å². The van der Waals surface area contributed by atoms with E-state index in [9.17, 15) is 9.90 Å². The van der Waals surface area contributed by atoms with Crippen molar-refractivity contribution in [2.75, 3.05) is 0 Å². The van der Waals surface area contributed by atoms with Gasteiger partial charge in [-0.2, -0.15) is 0 Å². The molecule has 1 aromatic rings. The molecule has 4 aliphatic rings. The summed E-state index contributed by atoms with van der Waals surface area (Å²) in [4.78, 5) is 12.4. The van der Waals surface area contributed by atoms with Crippen LogP contribution in [0.4, 0.5) is 0 Å². The van der Waals surface area contributed by atoms with Gasteiger partial charge < -0.3 is 9.84 Å². The summed E-state index contributed by atoms with van der Waals surface area (Å²) < 4.78 is 5.73. The predicted octanol–water partition coefficient (Wildman–Crippen LogP) is 8.84. The van der Waals surface area contributed by atoms with Gasteiger partial charge in [0.05, 0.1) is 17.3 Å². The minimum absolute atomic E-state index is 0.0333. The minimum Gasteiger partial charge on any atom is -0.459 e. The molecule has 38 heavy (non-hydrogen) atoms. The second kappa shape index (κ2) is 10.9. The van der Waals surface area contributed by atoms with Crippen molar-refractivity contribution in [3.05, 3.63) is 35.9 Å². The first-order chi connectivity index (χ1) is 18.1. The molecule has 5 rings (SSSR count). The van der Waals surface area contributed by atoms with E-state index in [4.69, 9.17) is 4.74 Å². The highest BCUT2D eigenvalue weighted by Crippen LogP contribution is 2.69. The van der Waals surface area contributed by atoms with Gasteiger partial charge in [0, 0.05) is 0 Å². The van der Waals surface area contributed by atoms with Crippen LogP contribution in [-0.2, 0) is 4.74 Å². The Kier molecular flexibility index (Phi) is 8.09. The van der Waals surface area contributed by atoms with Gasteiger partial charge in [0.1, 0.15) is 0 Å². The van der Waals surface area contributed by atoms with E-state index in [0.29, 0.717) is 16.4 Å². The second-order valence-electron chi connectivity index (χ2n) is 14.7. The molecule has 1 unspecified atom stereocenters. The van der Waals surface area contributed by atoms with Crippen molar-refractivity contribution in [3.63, 3.8) is 0 Å². The predicted molar refractivity (Wildman–Crippen MR) is 155 cm³/mol. The van der Waals surface area contributed by atoms with Gasteiger partial charge in [-0.15, -0.1) is 0 Å². The van der Waals surface area contributed by atoms with Crippen LogP contribution in [-0.4, -0.2) is 22.8 Å². The van der Waals surface area contributed by atoms with E-state index in [1.807, 2.05) is 37.3 Å². The van der Waals surface area contributed by atoms with Crippen molar-refractivity contribution in [2.24, 2.45) is 46.3 Å². The lowest BCUT2D eigenvalue weighted by Crippen LogP contribution is -2.56. The number of fused-ring (bicyclic) bond motifs is 5. The number of aliphatic hydroxyl groups is 1. The molecule has 3 nitrogen and oxygen atoms in total. The molecule has 212 valence electrons. The third kappa shape index (κ3) is 5.11. The number of rotatable bonds is 8. The maximum atomic E-state index is 12.4. The zero-order valence-corrected chi connectivity index (χ0v) is 24.9. The molecule has 3 heteroatoms. The van der Waals surface area contributed by atoms with Gasteiger partial charge in [0.25, 0.3) is 0 Å². The summed E-state index contributed by atoms with van der Waals surface area (Å²) in [5.41, 5.74) is 1.19. The Morgan fingerprint density at radius 1 is 0.947 bits per heavy atom. The first-order valence-electron chi connectivity index (χ1n) is 16.1. The van der Waals surface area contributed by atoms with Crippen molar-refractivity contribution < 1.29 is 14.6 Å². The average molecular weight is 523 g/mol. The molecule has 10 atom stereocenters. The second-order valence-corrected chi connectivity index (χ2v) is 14.7. The van der Waals surface area contributed by atoms with Crippen LogP contribution in [0, 0.1) is 46.3 Å². The first kappa shape index (κ1) is 28.2. The number of esters is 1. The maximum absolute atomic E-state index is 12.4. The Morgan fingerprint density at radius 2 is 1.68 bits per heavy atom. The number of hydrogen-bond acceptors (Lipinski definition) is 3. The van der Waals surface area contributed by atoms with Crippen LogP contribution in [0.3, 0.4) is 0 Å². The largest absolute Gasteiger partial charge is 0.459 e. The van der Waals surface area contributed by atoms with E-state index in [0.717, 1.165) is 67.6 Å². The highest BCUT2D eigenvalue weighted by atomic mass is 16.5. The van der Waals surface area contributed by atoms with Gasteiger partial charge >= 0.3 is 5.97 Å². The van der Waals surface area contributed by atoms with E-state index in [2.05, 4.69) is 27.7 Å². The maximum Gasteiger partial charge on any atom is 0.338 e. The number of benzene rings is 1. The van der Waals surface area contributed by atoms with Crippen LogP contribution in [0.1, 0.15) is 128 Å². The van der Waals surface area contributed by atoms with Gasteiger partial charge in [-0.25, -0.2) is 4.79 Å². The van der Waals surface area contributed by atoms with E-state index in [1.165, 1.54) is 51.4 Å². The summed E-state index contributed by atoms with van der Waals surface area (Å²) in [6.45, 7) is 12.0. The lowest BCUT2D eigenvalue weighted by atomic mass is 9.43. The third-order valence-electron chi connectivity index (χ3n) is 12.8. The number of ether oxygens (including phenoxy) is 1. The van der Waals surface area contributed by atoms with E-state index < -0.39 is 5.60 Å². The molecular weight excluding hydrogens is 468 g/mol. The molecule has 0 saturated heterocycles. The van der Waals surface area contributed by atoms with Crippen molar-refractivity contribution in [3.8, 4) is 0 Å². The Balaban J connectivity index is 1.15. The summed E-state index contributed by atoms with van der Waals surface area (Å²) in [5, 5.41) is 11.1. The summed E-state index contributed by atoms with van der Waals surface area (Å²) in [6, 6.07) is 9.36. The molecule has 4 fully saturated rings. The van der Waals surface area contributed by atoms with Gasteiger partial charge in [-0.1, -0.05) is 52.3 Å². The van der Waals surface area contributed by atoms with Crippen LogP contribution in [0.15, 0.2) is 30.3 Å². The fourth-order valence-corrected chi connectivity index (χ4v) is 10.4. The fraction of sp³-hybridized carbons (Fsp3) is 0.800. The highest BCUT2D eigenvalue weighted by Gasteiger charge is 2.61. The van der Waals surface area contributed by atoms with Crippen LogP contribution in [0.25, 0.3) is 0 Å². The minimum atomic E-state index is -0.397. The van der Waals surface area contributed by atoms with Gasteiger partial charge in [-0.05, 0) is 142 Å². The Hall–Kier alpha value is -1.35. The molecule has 4 aliphatic carbocycles. The molecule has 1 aromatic carbocycles. The van der Waals surface area contributed by atoms with Crippen LogP contribution < -0.4 is 0 Å². The fourth-order valence-electron chi connectivity index (χ4n) is 10.4. The van der Waals surface area contributed by atoms with Crippen molar-refractivity contribution in [1.82, 2.24) is 0 Å². The van der Waals surface area contributed by atoms with Crippen molar-refractivity contribution in [2.45, 2.75) is 130 Å². The molecule has 0 amide bonds. The normalized spacial score (nSPS) is 41.9. The summed E-state index contributed by atoms with van der Waals surface area (Å²) >= 11 is 0. The van der Waals surface area contributed by atoms with E-state index in [1.54, 1.807) is 0 Å². The summed E-state index contributed by atoms with van der Waals surface area (Å²) in [5.74, 6) is 4.75. The molecule has 4 saturated carbocycles. The molecule has 0 aromatic heterocycles. The lowest BCUT2D eigenvalue weighted by Gasteiger charge is -2.62. The number of carbonyl (C=O) groups is 1. The van der Waals surface area contributed by atoms with Crippen LogP contribution in [0.5, 0.6) is 0 Å². The number of carbonyl (C=O) groups excluding carboxylic acids is 1. The van der Waals surface area contributed by atoms with Crippen molar-refractivity contribution in [1.29, 1.82) is 0 Å². The molecule has 0 radical (unpaired) electrons. The monoisotopic (exact) mass is 522 g/mol. The molecule has 0 spiro atoms. The topological polar surface area (TPSA) is 46.5 Å². The Labute approximate surface area is 232 Å². The molecule has 0 aliphatic heterocycles. The zero-order chi connectivity index (χ0) is 27.1. The zero-order valence-electron chi connectivity index (χ0n) is 24.9. The number of hydrogen-bond donors (Lipinski definition) is 1. The average Bonchev–Trinajstić information content (AvgIpc) is 3.27. The molecule has 0 bridgehead atoms. The lowest BCUT2D eigenvalue weighted by molar-refractivity contribution is -0.152. The van der Waals surface area contributed by atoms with Gasteiger partial charge in [0.15, 0.2) is 0 Å². The Morgan fingerprint density at radius 3 is 2.42 bits per heavy atom. The van der Waals surface area contributed by atoms with E-state index in [-0.39, 0.29) is 12.1 Å². The molecular formula is C35H54O3. The summed E-state index contributed by atoms with van der Waals surface area (Å²) in [7, 11) is 0. The van der Waals surface area contributed by atoms with E-state index >= 15 is 0 Å². The van der Waals surface area contributed by atoms with Gasteiger partial charge in [0.2, 0.25) is 0 Å². The van der Waals surface area contributed by atoms with Crippen LogP contribution in [0.2, 0.25) is 0 Å². The first-order valence-corrected chi connectivity index (χ1v) is 16.1. The standard InChI is InChI=1S/C35H54O3/c1-6-35(37)22-21-33(4)27(23-35)15-16-28-30-18-17-29(34(30,5)20-19-31(28)33)24(2)11-10-12-25(3)38-32(36)26-13-8-7-9-14-26/h7-9,13-14,24-25,27-31,37H,6,10-12,15-23H2,1-5H3/t24-,25?,27+,28+,29-,30+,31+,33+,34-,35+/m1/s1. The molecule has 0 heterocycles. The van der Waals surface area contributed by atoms with Gasteiger partial charge in [-0.3, -0.25) is 0 Å². The SMILES string of the molecule is CC[C@]1(O)CC[C@@]2(C)[C@@H](CC[C@@H]3[C@@H]2CC[C@]2(C)[C@@H]([C@H](C)CCCC(C)OC(=O)c4ccccc4)CC[C@@H]32)C1. The smallest absolute Gasteiger partial charge is 0.338 e. The summed E-state index contributed by atoms with van der Waals surface area (Å²) in [6.07, 6.45) is 15.9.